The molecule has 1 atom stereocenters. The van der Waals surface area contributed by atoms with Crippen molar-refractivity contribution in [2.24, 2.45) is 7.05 Å². The van der Waals surface area contributed by atoms with Crippen LogP contribution in [-0.4, -0.2) is 22.0 Å². The molecular formula is C9H12N4O. The van der Waals surface area contributed by atoms with Gasteiger partial charge in [-0.1, -0.05) is 0 Å². The van der Waals surface area contributed by atoms with Gasteiger partial charge in [0.05, 0.1) is 12.5 Å². The van der Waals surface area contributed by atoms with E-state index in [1.807, 2.05) is 19.2 Å². The van der Waals surface area contributed by atoms with Gasteiger partial charge in [0.15, 0.2) is 0 Å². The molecule has 1 N–H and O–H groups in total. The van der Waals surface area contributed by atoms with Crippen molar-refractivity contribution in [2.45, 2.75) is 6.04 Å². The van der Waals surface area contributed by atoms with Crippen LogP contribution in [0.15, 0.2) is 29.0 Å². The van der Waals surface area contributed by atoms with Crippen molar-refractivity contribution in [1.29, 1.82) is 0 Å². The molecule has 5 heteroatoms. The molecule has 5 nitrogen and oxygen atoms in total. The molecule has 0 saturated heterocycles. The van der Waals surface area contributed by atoms with E-state index in [-0.39, 0.29) is 6.04 Å². The van der Waals surface area contributed by atoms with Gasteiger partial charge < -0.3 is 9.73 Å². The maximum atomic E-state index is 5.31. The Bertz CT molecular complexity index is 393. The number of rotatable bonds is 3. The van der Waals surface area contributed by atoms with Gasteiger partial charge in [-0.2, -0.15) is 15.0 Å². The lowest BCUT2D eigenvalue weighted by Gasteiger charge is -2.09. The van der Waals surface area contributed by atoms with E-state index in [0.717, 1.165) is 11.5 Å². The SMILES string of the molecule is CNC(c1cnn(C)n1)c1ccco1. The molecule has 0 fully saturated rings. The average Bonchev–Trinajstić information content (AvgIpc) is 2.79. The summed E-state index contributed by atoms with van der Waals surface area (Å²) in [6.45, 7) is 0. The van der Waals surface area contributed by atoms with Crippen LogP contribution in [0.2, 0.25) is 0 Å². The van der Waals surface area contributed by atoms with Crippen LogP contribution in [0.5, 0.6) is 0 Å². The molecule has 0 amide bonds. The minimum atomic E-state index is -0.0290. The van der Waals surface area contributed by atoms with Crippen molar-refractivity contribution >= 4 is 0 Å². The fourth-order valence-electron chi connectivity index (χ4n) is 1.39. The van der Waals surface area contributed by atoms with E-state index in [2.05, 4.69) is 15.5 Å². The summed E-state index contributed by atoms with van der Waals surface area (Å²) in [5, 5.41) is 11.4. The first-order chi connectivity index (χ1) is 6.81. The first kappa shape index (κ1) is 8.96. The van der Waals surface area contributed by atoms with Crippen molar-refractivity contribution in [3.63, 3.8) is 0 Å². The summed E-state index contributed by atoms with van der Waals surface area (Å²) in [5.74, 6) is 0.841. The summed E-state index contributed by atoms with van der Waals surface area (Å²) >= 11 is 0. The third-order valence-electron chi connectivity index (χ3n) is 2.03. The Balaban J connectivity index is 2.31. The minimum Gasteiger partial charge on any atom is -0.467 e. The lowest BCUT2D eigenvalue weighted by Crippen LogP contribution is -2.17. The molecule has 14 heavy (non-hydrogen) atoms. The monoisotopic (exact) mass is 192 g/mol. The first-order valence-corrected chi connectivity index (χ1v) is 4.38. The second-order valence-corrected chi connectivity index (χ2v) is 3.00. The van der Waals surface area contributed by atoms with Gasteiger partial charge >= 0.3 is 0 Å². The van der Waals surface area contributed by atoms with Crippen LogP contribution in [0.3, 0.4) is 0 Å². The smallest absolute Gasteiger partial charge is 0.126 e. The van der Waals surface area contributed by atoms with E-state index in [1.165, 1.54) is 4.80 Å². The molecule has 0 bridgehead atoms. The quantitative estimate of drug-likeness (QED) is 0.778. The highest BCUT2D eigenvalue weighted by Gasteiger charge is 2.17. The zero-order valence-electron chi connectivity index (χ0n) is 8.14. The largest absolute Gasteiger partial charge is 0.467 e. The van der Waals surface area contributed by atoms with E-state index >= 15 is 0 Å². The molecule has 2 aromatic heterocycles. The highest BCUT2D eigenvalue weighted by Crippen LogP contribution is 2.19. The Labute approximate surface area is 81.7 Å². The third kappa shape index (κ3) is 1.54. The summed E-state index contributed by atoms with van der Waals surface area (Å²) in [5.41, 5.74) is 0.852. The van der Waals surface area contributed by atoms with Gasteiger partial charge in [0.1, 0.15) is 17.5 Å². The minimum absolute atomic E-state index is 0.0290. The van der Waals surface area contributed by atoms with Gasteiger partial charge in [-0.15, -0.1) is 0 Å². The molecule has 1 unspecified atom stereocenters. The van der Waals surface area contributed by atoms with E-state index < -0.39 is 0 Å². The van der Waals surface area contributed by atoms with Crippen molar-refractivity contribution in [3.05, 3.63) is 36.0 Å². The van der Waals surface area contributed by atoms with Gasteiger partial charge in [-0.05, 0) is 19.2 Å². The van der Waals surface area contributed by atoms with Gasteiger partial charge in [-0.3, -0.25) is 0 Å². The maximum Gasteiger partial charge on any atom is 0.126 e. The van der Waals surface area contributed by atoms with Crippen LogP contribution < -0.4 is 5.32 Å². The molecule has 0 radical (unpaired) electrons. The fraction of sp³-hybridized carbons (Fsp3) is 0.333. The number of hydrogen-bond donors (Lipinski definition) is 1. The van der Waals surface area contributed by atoms with Gasteiger partial charge in [0.25, 0.3) is 0 Å². The molecule has 74 valence electrons. The van der Waals surface area contributed by atoms with E-state index in [0.29, 0.717) is 0 Å². The topological polar surface area (TPSA) is 55.9 Å². The summed E-state index contributed by atoms with van der Waals surface area (Å²) in [7, 11) is 3.65. The molecule has 0 spiro atoms. The van der Waals surface area contributed by atoms with Crippen molar-refractivity contribution in [2.75, 3.05) is 7.05 Å². The van der Waals surface area contributed by atoms with Crippen molar-refractivity contribution in [3.8, 4) is 0 Å². The number of furan rings is 1. The molecule has 2 aromatic rings. The van der Waals surface area contributed by atoms with Gasteiger partial charge in [-0.25, -0.2) is 0 Å². The van der Waals surface area contributed by atoms with E-state index in [1.54, 1.807) is 19.5 Å². The fourth-order valence-corrected chi connectivity index (χ4v) is 1.39. The predicted octanol–water partition coefficient (Wildman–Crippen LogP) is 0.717. The number of nitrogens with zero attached hydrogens (tertiary/aromatic N) is 3. The Morgan fingerprint density at radius 1 is 1.57 bits per heavy atom. The van der Waals surface area contributed by atoms with Crippen LogP contribution in [0.1, 0.15) is 17.5 Å². The Kier molecular flexibility index (Phi) is 2.32. The zero-order valence-corrected chi connectivity index (χ0v) is 8.14. The lowest BCUT2D eigenvalue weighted by molar-refractivity contribution is 0.456. The molecule has 2 rings (SSSR count). The Hall–Kier alpha value is -1.62. The molecule has 0 saturated carbocycles. The van der Waals surface area contributed by atoms with Crippen LogP contribution in [0, 0.1) is 0 Å². The molecule has 0 aliphatic heterocycles. The molecule has 0 aliphatic rings. The molecule has 0 aromatic carbocycles. The Morgan fingerprint density at radius 2 is 2.43 bits per heavy atom. The summed E-state index contributed by atoms with van der Waals surface area (Å²) in [6.07, 6.45) is 3.37. The standard InChI is InChI=1S/C9H12N4O/c1-10-9(8-4-3-5-14-8)7-6-11-13(2)12-7/h3-6,9-10H,1-2H3. The second-order valence-electron chi connectivity index (χ2n) is 3.00. The number of hydrogen-bond acceptors (Lipinski definition) is 4. The highest BCUT2D eigenvalue weighted by molar-refractivity contribution is 5.16. The molecule has 0 aliphatic carbocycles. The average molecular weight is 192 g/mol. The molecule has 2 heterocycles. The normalized spacial score (nSPS) is 13.0. The third-order valence-corrected chi connectivity index (χ3v) is 2.03. The maximum absolute atomic E-state index is 5.31. The number of aromatic nitrogens is 3. The summed E-state index contributed by atoms with van der Waals surface area (Å²) in [4.78, 5) is 1.53. The number of aryl methyl sites for hydroxylation is 1. The van der Waals surface area contributed by atoms with E-state index in [4.69, 9.17) is 4.42 Å². The lowest BCUT2D eigenvalue weighted by atomic mass is 10.2. The van der Waals surface area contributed by atoms with Crippen LogP contribution in [0.4, 0.5) is 0 Å². The van der Waals surface area contributed by atoms with Crippen molar-refractivity contribution < 1.29 is 4.42 Å². The highest BCUT2D eigenvalue weighted by atomic mass is 16.3. The Morgan fingerprint density at radius 3 is 2.93 bits per heavy atom. The summed E-state index contributed by atoms with van der Waals surface area (Å²) < 4.78 is 5.31. The van der Waals surface area contributed by atoms with Gasteiger partial charge in [0, 0.05) is 7.05 Å². The predicted molar refractivity (Wildman–Crippen MR) is 50.6 cm³/mol. The number of nitrogens with one attached hydrogen (secondary N) is 1. The van der Waals surface area contributed by atoms with E-state index in [9.17, 15) is 0 Å². The van der Waals surface area contributed by atoms with Gasteiger partial charge in [0.2, 0.25) is 0 Å². The van der Waals surface area contributed by atoms with Crippen LogP contribution in [0.25, 0.3) is 0 Å². The van der Waals surface area contributed by atoms with Crippen LogP contribution in [-0.2, 0) is 7.05 Å². The zero-order chi connectivity index (χ0) is 9.97. The van der Waals surface area contributed by atoms with Crippen molar-refractivity contribution in [1.82, 2.24) is 20.3 Å². The van der Waals surface area contributed by atoms with Crippen LogP contribution >= 0.6 is 0 Å². The molecular weight excluding hydrogens is 180 g/mol. The summed E-state index contributed by atoms with van der Waals surface area (Å²) in [6, 6.07) is 3.74. The second kappa shape index (κ2) is 3.63. The first-order valence-electron chi connectivity index (χ1n) is 4.38.